The molecule has 0 heterocycles. The van der Waals surface area contributed by atoms with E-state index in [1.807, 2.05) is 48.3 Å². The topological polar surface area (TPSA) is 78.5 Å². The molecule has 4 rings (SSSR count). The average molecular weight is 484 g/mol. The number of hydrogen-bond acceptors (Lipinski definition) is 3. The molecule has 3 aromatic rings. The fourth-order valence-corrected chi connectivity index (χ4v) is 4.65. The number of amides is 3. The predicted molar refractivity (Wildman–Crippen MR) is 142 cm³/mol. The Bertz CT molecular complexity index is 1160. The first kappa shape index (κ1) is 25.2. The largest absolute Gasteiger partial charge is 0.340 e. The van der Waals surface area contributed by atoms with Crippen molar-refractivity contribution in [2.24, 2.45) is 0 Å². The second-order valence-corrected chi connectivity index (χ2v) is 9.36. The Morgan fingerprint density at radius 2 is 1.42 bits per heavy atom. The molecule has 1 unspecified atom stereocenters. The van der Waals surface area contributed by atoms with E-state index in [1.165, 1.54) is 6.42 Å². The Morgan fingerprint density at radius 1 is 0.806 bits per heavy atom. The van der Waals surface area contributed by atoms with Gasteiger partial charge in [-0.25, -0.2) is 0 Å². The molecule has 186 valence electrons. The van der Waals surface area contributed by atoms with Gasteiger partial charge in [0.15, 0.2) is 0 Å². The number of anilines is 1. The van der Waals surface area contributed by atoms with Crippen molar-refractivity contribution in [1.29, 1.82) is 0 Å². The maximum atomic E-state index is 13.2. The lowest BCUT2D eigenvalue weighted by atomic mass is 9.94. The summed E-state index contributed by atoms with van der Waals surface area (Å²) in [6.45, 7) is 0. The van der Waals surface area contributed by atoms with Crippen molar-refractivity contribution in [3.05, 3.63) is 102 Å². The molecule has 6 nitrogen and oxygen atoms in total. The number of benzene rings is 3. The lowest BCUT2D eigenvalue weighted by molar-refractivity contribution is -0.118. The molecule has 0 aliphatic heterocycles. The molecular formula is C30H33N3O3. The summed E-state index contributed by atoms with van der Waals surface area (Å²) in [5, 5.41) is 5.77. The zero-order valence-corrected chi connectivity index (χ0v) is 20.7. The molecule has 1 atom stereocenters. The molecule has 1 saturated carbocycles. The van der Waals surface area contributed by atoms with Crippen molar-refractivity contribution in [1.82, 2.24) is 10.2 Å². The SMILES string of the molecule is CN(C(=O)c1ccc(NC(=O)C(Cc2ccccc2)NC(=O)c2ccccc2)cc1)C1CCCCC1. The lowest BCUT2D eigenvalue weighted by Crippen LogP contribution is -2.45. The number of nitrogens with one attached hydrogen (secondary N) is 2. The number of rotatable bonds is 8. The molecule has 0 aromatic heterocycles. The average Bonchev–Trinajstić information content (AvgIpc) is 2.93. The normalized spacial score (nSPS) is 14.5. The molecule has 0 saturated heterocycles. The van der Waals surface area contributed by atoms with Gasteiger partial charge in [-0.05, 0) is 54.8 Å². The number of carbonyl (C=O) groups is 3. The molecule has 2 N–H and O–H groups in total. The van der Waals surface area contributed by atoms with Gasteiger partial charge in [0.25, 0.3) is 11.8 Å². The molecule has 1 aliphatic carbocycles. The van der Waals surface area contributed by atoms with Gasteiger partial charge >= 0.3 is 0 Å². The molecule has 3 aromatic carbocycles. The summed E-state index contributed by atoms with van der Waals surface area (Å²) in [4.78, 5) is 40.8. The Labute approximate surface area is 212 Å². The van der Waals surface area contributed by atoms with Crippen molar-refractivity contribution in [3.8, 4) is 0 Å². The monoisotopic (exact) mass is 483 g/mol. The smallest absolute Gasteiger partial charge is 0.253 e. The zero-order chi connectivity index (χ0) is 25.3. The van der Waals surface area contributed by atoms with Gasteiger partial charge < -0.3 is 15.5 Å². The molecule has 1 aliphatic rings. The van der Waals surface area contributed by atoms with Crippen molar-refractivity contribution in [2.45, 2.75) is 50.6 Å². The molecule has 3 amide bonds. The summed E-state index contributed by atoms with van der Waals surface area (Å²) in [6, 6.07) is 24.9. The van der Waals surface area contributed by atoms with Crippen LogP contribution in [0.15, 0.2) is 84.9 Å². The minimum absolute atomic E-state index is 0.00291. The Kier molecular flexibility index (Phi) is 8.50. The van der Waals surface area contributed by atoms with Crippen LogP contribution >= 0.6 is 0 Å². The highest BCUT2D eigenvalue weighted by Gasteiger charge is 2.24. The second-order valence-electron chi connectivity index (χ2n) is 9.36. The predicted octanol–water partition coefficient (Wildman–Crippen LogP) is 5.07. The summed E-state index contributed by atoms with van der Waals surface area (Å²) in [7, 11) is 1.87. The van der Waals surface area contributed by atoms with Crippen LogP contribution in [0.1, 0.15) is 58.4 Å². The van der Waals surface area contributed by atoms with Crippen LogP contribution < -0.4 is 10.6 Å². The standard InChI is InChI=1S/C30H33N3O3/c1-33(26-15-9-4-10-16-26)30(36)24-17-19-25(20-18-24)31-29(35)27(21-22-11-5-2-6-12-22)32-28(34)23-13-7-3-8-14-23/h2-3,5-8,11-14,17-20,26-27H,4,9-10,15-16,21H2,1H3,(H,31,35)(H,32,34). The van der Waals surface area contributed by atoms with Gasteiger partial charge in [-0.2, -0.15) is 0 Å². The molecular weight excluding hydrogens is 450 g/mol. The maximum absolute atomic E-state index is 13.2. The quantitative estimate of drug-likeness (QED) is 0.470. The van der Waals surface area contributed by atoms with Gasteiger partial charge in [0.1, 0.15) is 6.04 Å². The van der Waals surface area contributed by atoms with E-state index in [2.05, 4.69) is 10.6 Å². The van der Waals surface area contributed by atoms with E-state index >= 15 is 0 Å². The van der Waals surface area contributed by atoms with Gasteiger partial charge in [-0.1, -0.05) is 67.8 Å². The first-order valence-electron chi connectivity index (χ1n) is 12.6. The third-order valence-electron chi connectivity index (χ3n) is 6.78. The van der Waals surface area contributed by atoms with E-state index in [-0.39, 0.29) is 23.8 Å². The fourth-order valence-electron chi connectivity index (χ4n) is 4.65. The minimum Gasteiger partial charge on any atom is -0.340 e. The Hall–Kier alpha value is -3.93. The second kappa shape index (κ2) is 12.2. The van der Waals surface area contributed by atoms with Crippen LogP contribution in [0.3, 0.4) is 0 Å². The van der Waals surface area contributed by atoms with Crippen LogP contribution in [0, 0.1) is 0 Å². The van der Waals surface area contributed by atoms with Crippen molar-refractivity contribution in [3.63, 3.8) is 0 Å². The molecule has 0 spiro atoms. The van der Waals surface area contributed by atoms with Gasteiger partial charge in [-0.15, -0.1) is 0 Å². The highest BCUT2D eigenvalue weighted by Crippen LogP contribution is 2.23. The third kappa shape index (κ3) is 6.60. The number of hydrogen-bond donors (Lipinski definition) is 2. The highest BCUT2D eigenvalue weighted by molar-refractivity contribution is 6.01. The van der Waals surface area contributed by atoms with Gasteiger partial charge in [0, 0.05) is 36.3 Å². The van der Waals surface area contributed by atoms with Crippen LogP contribution in [-0.2, 0) is 11.2 Å². The van der Waals surface area contributed by atoms with Gasteiger partial charge in [-0.3, -0.25) is 14.4 Å². The van der Waals surface area contributed by atoms with Crippen molar-refractivity contribution in [2.75, 3.05) is 12.4 Å². The number of nitrogens with zero attached hydrogens (tertiary/aromatic N) is 1. The minimum atomic E-state index is -0.765. The van der Waals surface area contributed by atoms with E-state index in [9.17, 15) is 14.4 Å². The summed E-state index contributed by atoms with van der Waals surface area (Å²) >= 11 is 0. The lowest BCUT2D eigenvalue weighted by Gasteiger charge is -2.31. The van der Waals surface area contributed by atoms with Crippen LogP contribution in [0.5, 0.6) is 0 Å². The fraction of sp³-hybridized carbons (Fsp3) is 0.300. The Balaban J connectivity index is 1.43. The molecule has 0 radical (unpaired) electrons. The maximum Gasteiger partial charge on any atom is 0.253 e. The highest BCUT2D eigenvalue weighted by atomic mass is 16.2. The molecule has 0 bridgehead atoms. The van der Waals surface area contributed by atoms with Gasteiger partial charge in [0.2, 0.25) is 5.91 Å². The molecule has 6 heteroatoms. The third-order valence-corrected chi connectivity index (χ3v) is 6.78. The van der Waals surface area contributed by atoms with Crippen LogP contribution in [0.25, 0.3) is 0 Å². The van der Waals surface area contributed by atoms with E-state index < -0.39 is 6.04 Å². The summed E-state index contributed by atoms with van der Waals surface area (Å²) in [5.74, 6) is -0.628. The summed E-state index contributed by atoms with van der Waals surface area (Å²) < 4.78 is 0. The molecule has 1 fully saturated rings. The van der Waals surface area contributed by atoms with E-state index in [1.54, 1.807) is 48.5 Å². The van der Waals surface area contributed by atoms with Crippen LogP contribution in [0.4, 0.5) is 5.69 Å². The van der Waals surface area contributed by atoms with Crippen molar-refractivity contribution >= 4 is 23.4 Å². The van der Waals surface area contributed by atoms with Crippen LogP contribution in [-0.4, -0.2) is 41.8 Å². The van der Waals surface area contributed by atoms with E-state index in [0.29, 0.717) is 23.2 Å². The Morgan fingerprint density at radius 3 is 2.06 bits per heavy atom. The zero-order valence-electron chi connectivity index (χ0n) is 20.7. The van der Waals surface area contributed by atoms with Crippen LogP contribution in [0.2, 0.25) is 0 Å². The van der Waals surface area contributed by atoms with E-state index in [0.717, 1.165) is 31.2 Å². The first-order chi connectivity index (χ1) is 17.5. The first-order valence-corrected chi connectivity index (χ1v) is 12.6. The van der Waals surface area contributed by atoms with Gasteiger partial charge in [0.05, 0.1) is 0 Å². The summed E-state index contributed by atoms with van der Waals surface area (Å²) in [6.07, 6.45) is 6.02. The van der Waals surface area contributed by atoms with Crippen molar-refractivity contribution < 1.29 is 14.4 Å². The summed E-state index contributed by atoms with van der Waals surface area (Å²) in [5.41, 5.74) is 2.61. The number of carbonyl (C=O) groups excluding carboxylic acids is 3. The molecule has 36 heavy (non-hydrogen) atoms. The van der Waals surface area contributed by atoms with E-state index in [4.69, 9.17) is 0 Å².